The van der Waals surface area contributed by atoms with Crippen molar-refractivity contribution >= 4 is 9.84 Å². The molecule has 1 saturated heterocycles. The number of aliphatic hydroxyl groups excluding tert-OH is 1. The van der Waals surface area contributed by atoms with Gasteiger partial charge in [0, 0.05) is 11.5 Å². The quantitative estimate of drug-likeness (QED) is 0.902. The first-order valence-electron chi connectivity index (χ1n) is 5.65. The van der Waals surface area contributed by atoms with E-state index in [-0.39, 0.29) is 11.5 Å². The van der Waals surface area contributed by atoms with Crippen LogP contribution in [0.3, 0.4) is 0 Å². The number of sulfone groups is 1. The molecule has 2 unspecified atom stereocenters. The normalized spacial score (nSPS) is 23.8. The van der Waals surface area contributed by atoms with E-state index in [1.165, 1.54) is 25.3 Å². The SMILES string of the molecule is COc1ccc(F)cc1C(O)C1CCS(=O)(=O)C1. The lowest BCUT2D eigenvalue weighted by molar-refractivity contribution is 0.117. The minimum atomic E-state index is -3.07. The summed E-state index contributed by atoms with van der Waals surface area (Å²) in [5.74, 6) is -0.496. The van der Waals surface area contributed by atoms with Crippen LogP contribution >= 0.6 is 0 Å². The number of methoxy groups -OCH3 is 1. The monoisotopic (exact) mass is 274 g/mol. The molecule has 2 atom stereocenters. The fraction of sp³-hybridized carbons (Fsp3) is 0.500. The minimum absolute atomic E-state index is 0.0617. The highest BCUT2D eigenvalue weighted by Crippen LogP contribution is 2.35. The summed E-state index contributed by atoms with van der Waals surface area (Å²) >= 11 is 0. The van der Waals surface area contributed by atoms with Crippen molar-refractivity contribution in [3.05, 3.63) is 29.6 Å². The Bertz CT molecular complexity index is 541. The van der Waals surface area contributed by atoms with Gasteiger partial charge < -0.3 is 9.84 Å². The number of aliphatic hydroxyl groups is 1. The molecule has 1 fully saturated rings. The second-order valence-electron chi connectivity index (χ2n) is 4.49. The molecule has 100 valence electrons. The number of hydrogen-bond donors (Lipinski definition) is 1. The van der Waals surface area contributed by atoms with Gasteiger partial charge in [0.2, 0.25) is 0 Å². The molecule has 0 spiro atoms. The van der Waals surface area contributed by atoms with Crippen molar-refractivity contribution < 1.29 is 22.7 Å². The summed E-state index contributed by atoms with van der Waals surface area (Å²) in [6.45, 7) is 0. The average molecular weight is 274 g/mol. The number of ether oxygens (including phenoxy) is 1. The molecule has 18 heavy (non-hydrogen) atoms. The molecule has 0 bridgehead atoms. The zero-order chi connectivity index (χ0) is 13.3. The Kier molecular flexibility index (Phi) is 3.59. The van der Waals surface area contributed by atoms with Crippen molar-refractivity contribution in [3.8, 4) is 5.75 Å². The topological polar surface area (TPSA) is 63.6 Å². The molecule has 0 amide bonds. The highest BCUT2D eigenvalue weighted by atomic mass is 32.2. The third kappa shape index (κ3) is 2.64. The molecule has 1 aromatic carbocycles. The third-order valence-electron chi connectivity index (χ3n) is 3.22. The van der Waals surface area contributed by atoms with Gasteiger partial charge in [-0.15, -0.1) is 0 Å². The fourth-order valence-electron chi connectivity index (χ4n) is 2.26. The lowest BCUT2D eigenvalue weighted by Gasteiger charge is -2.19. The first-order chi connectivity index (χ1) is 8.43. The molecule has 0 aliphatic carbocycles. The Hall–Kier alpha value is -1.14. The second kappa shape index (κ2) is 4.85. The van der Waals surface area contributed by atoms with Gasteiger partial charge in [0.1, 0.15) is 11.6 Å². The number of benzene rings is 1. The van der Waals surface area contributed by atoms with E-state index in [0.717, 1.165) is 0 Å². The van der Waals surface area contributed by atoms with Gasteiger partial charge in [0.05, 0.1) is 24.7 Å². The molecule has 1 N–H and O–H groups in total. The molecule has 0 radical (unpaired) electrons. The summed E-state index contributed by atoms with van der Waals surface area (Å²) < 4.78 is 41.0. The van der Waals surface area contributed by atoms with Gasteiger partial charge in [0.25, 0.3) is 0 Å². The van der Waals surface area contributed by atoms with Crippen LogP contribution in [0.25, 0.3) is 0 Å². The van der Waals surface area contributed by atoms with E-state index >= 15 is 0 Å². The largest absolute Gasteiger partial charge is 0.496 e. The van der Waals surface area contributed by atoms with E-state index in [9.17, 15) is 17.9 Å². The molecule has 6 heteroatoms. The van der Waals surface area contributed by atoms with Crippen molar-refractivity contribution in [1.29, 1.82) is 0 Å². The Morgan fingerprint density at radius 1 is 1.50 bits per heavy atom. The van der Waals surface area contributed by atoms with Crippen LogP contribution in [0.1, 0.15) is 18.1 Å². The predicted molar refractivity (Wildman–Crippen MR) is 64.7 cm³/mol. The highest BCUT2D eigenvalue weighted by Gasteiger charge is 2.34. The molecule has 1 aromatic rings. The predicted octanol–water partition coefficient (Wildman–Crippen LogP) is 1.30. The second-order valence-corrected chi connectivity index (χ2v) is 6.72. The lowest BCUT2D eigenvalue weighted by atomic mass is 9.94. The zero-order valence-corrected chi connectivity index (χ0v) is 10.8. The lowest BCUT2D eigenvalue weighted by Crippen LogP contribution is -2.15. The molecule has 0 aromatic heterocycles. The highest BCUT2D eigenvalue weighted by molar-refractivity contribution is 7.91. The van der Waals surface area contributed by atoms with Crippen LogP contribution in [-0.2, 0) is 9.84 Å². The van der Waals surface area contributed by atoms with E-state index in [1.807, 2.05) is 0 Å². The standard InChI is InChI=1S/C12H15FO4S/c1-17-11-3-2-9(13)6-10(11)12(14)8-4-5-18(15,16)7-8/h2-3,6,8,12,14H,4-5,7H2,1H3. The number of hydrogen-bond acceptors (Lipinski definition) is 4. The Labute approximate surface area is 105 Å². The van der Waals surface area contributed by atoms with E-state index < -0.39 is 27.7 Å². The number of halogens is 1. The molecule has 1 heterocycles. The molecule has 2 rings (SSSR count). The molecular formula is C12H15FO4S. The van der Waals surface area contributed by atoms with Crippen LogP contribution < -0.4 is 4.74 Å². The molecule has 1 aliphatic rings. The summed E-state index contributed by atoms with van der Waals surface area (Å²) in [6.07, 6.45) is -0.628. The van der Waals surface area contributed by atoms with Gasteiger partial charge >= 0.3 is 0 Å². The van der Waals surface area contributed by atoms with Crippen LogP contribution in [0, 0.1) is 11.7 Å². The molecule has 1 aliphatic heterocycles. The Morgan fingerprint density at radius 2 is 2.22 bits per heavy atom. The summed E-state index contributed by atoms with van der Waals surface area (Å²) in [5, 5.41) is 10.2. The summed E-state index contributed by atoms with van der Waals surface area (Å²) in [6, 6.07) is 3.85. The first-order valence-corrected chi connectivity index (χ1v) is 7.47. The van der Waals surface area contributed by atoms with E-state index in [4.69, 9.17) is 4.74 Å². The average Bonchev–Trinajstić information content (AvgIpc) is 2.68. The Morgan fingerprint density at radius 3 is 2.78 bits per heavy atom. The van der Waals surface area contributed by atoms with Gasteiger partial charge in [-0.3, -0.25) is 0 Å². The zero-order valence-electron chi connectivity index (χ0n) is 9.97. The summed E-state index contributed by atoms with van der Waals surface area (Å²) in [7, 11) is -1.65. The van der Waals surface area contributed by atoms with Crippen LogP contribution in [-0.4, -0.2) is 32.1 Å². The van der Waals surface area contributed by atoms with Crippen molar-refractivity contribution in [2.24, 2.45) is 5.92 Å². The van der Waals surface area contributed by atoms with Crippen LogP contribution in [0.5, 0.6) is 5.75 Å². The van der Waals surface area contributed by atoms with Crippen molar-refractivity contribution in [2.75, 3.05) is 18.6 Å². The number of rotatable bonds is 3. The van der Waals surface area contributed by atoms with Crippen LogP contribution in [0.15, 0.2) is 18.2 Å². The Balaban J connectivity index is 2.28. The van der Waals surface area contributed by atoms with Gasteiger partial charge in [-0.2, -0.15) is 0 Å². The summed E-state index contributed by atoms with van der Waals surface area (Å²) in [5.41, 5.74) is 0.305. The van der Waals surface area contributed by atoms with Gasteiger partial charge in [-0.05, 0) is 24.6 Å². The molecule has 4 nitrogen and oxygen atoms in total. The van der Waals surface area contributed by atoms with E-state index in [0.29, 0.717) is 17.7 Å². The van der Waals surface area contributed by atoms with Gasteiger partial charge in [-0.1, -0.05) is 0 Å². The van der Waals surface area contributed by atoms with E-state index in [1.54, 1.807) is 0 Å². The van der Waals surface area contributed by atoms with Crippen LogP contribution in [0.2, 0.25) is 0 Å². The molecule has 0 saturated carbocycles. The van der Waals surface area contributed by atoms with Crippen LogP contribution in [0.4, 0.5) is 4.39 Å². The minimum Gasteiger partial charge on any atom is -0.496 e. The van der Waals surface area contributed by atoms with Gasteiger partial charge in [-0.25, -0.2) is 12.8 Å². The van der Waals surface area contributed by atoms with Crippen molar-refractivity contribution in [1.82, 2.24) is 0 Å². The maximum absolute atomic E-state index is 13.2. The summed E-state index contributed by atoms with van der Waals surface area (Å²) in [4.78, 5) is 0. The first kappa shape index (κ1) is 13.3. The smallest absolute Gasteiger partial charge is 0.150 e. The van der Waals surface area contributed by atoms with Gasteiger partial charge in [0.15, 0.2) is 9.84 Å². The molecular weight excluding hydrogens is 259 g/mol. The van der Waals surface area contributed by atoms with E-state index in [2.05, 4.69) is 0 Å². The maximum Gasteiger partial charge on any atom is 0.150 e. The van der Waals surface area contributed by atoms with Crippen molar-refractivity contribution in [2.45, 2.75) is 12.5 Å². The maximum atomic E-state index is 13.2. The third-order valence-corrected chi connectivity index (χ3v) is 5.02. The van der Waals surface area contributed by atoms with Crippen molar-refractivity contribution in [3.63, 3.8) is 0 Å². The fourth-order valence-corrected chi connectivity index (χ4v) is 4.09.